The highest BCUT2D eigenvalue weighted by atomic mass is 35.5. The smallest absolute Gasteiger partial charge is 0.276 e. The number of hydrogen-bond acceptors (Lipinski definition) is 3. The summed E-state index contributed by atoms with van der Waals surface area (Å²) in [6.07, 6.45) is 0. The van der Waals surface area contributed by atoms with Crippen molar-refractivity contribution in [3.8, 4) is 5.75 Å². The Hall–Kier alpha value is -2.53. The van der Waals surface area contributed by atoms with Gasteiger partial charge in [-0.25, -0.2) is 0 Å². The fourth-order valence-corrected chi connectivity index (χ4v) is 2.20. The molecule has 0 bridgehead atoms. The van der Waals surface area contributed by atoms with Gasteiger partial charge >= 0.3 is 0 Å². The van der Waals surface area contributed by atoms with Crippen LogP contribution in [0.1, 0.15) is 21.5 Å². The third-order valence-electron chi connectivity index (χ3n) is 3.12. The first-order valence-corrected chi connectivity index (χ1v) is 7.39. The van der Waals surface area contributed by atoms with Crippen molar-refractivity contribution in [2.24, 2.45) is 0 Å². The van der Waals surface area contributed by atoms with Crippen molar-refractivity contribution in [2.45, 2.75) is 13.8 Å². The first-order valence-electron chi connectivity index (χ1n) is 7.01. The summed E-state index contributed by atoms with van der Waals surface area (Å²) in [7, 11) is 0. The molecule has 2 N–H and O–H groups in total. The highest BCUT2D eigenvalue weighted by molar-refractivity contribution is 6.33. The predicted octanol–water partition coefficient (Wildman–Crippen LogP) is 2.80. The lowest BCUT2D eigenvalue weighted by Gasteiger charge is -2.11. The van der Waals surface area contributed by atoms with Crippen LogP contribution in [-0.4, -0.2) is 18.4 Å². The molecule has 5 nitrogen and oxygen atoms in total. The number of amides is 2. The van der Waals surface area contributed by atoms with Crippen molar-refractivity contribution in [1.82, 2.24) is 10.9 Å². The molecule has 120 valence electrons. The lowest BCUT2D eigenvalue weighted by atomic mass is 10.1. The van der Waals surface area contributed by atoms with Crippen molar-refractivity contribution in [3.05, 3.63) is 64.2 Å². The molecule has 0 radical (unpaired) electrons. The maximum absolute atomic E-state index is 11.9. The number of ether oxygens (including phenoxy) is 1. The van der Waals surface area contributed by atoms with Crippen LogP contribution < -0.4 is 15.6 Å². The summed E-state index contributed by atoms with van der Waals surface area (Å²) in [6, 6.07) is 12.2. The van der Waals surface area contributed by atoms with E-state index in [0.717, 1.165) is 11.1 Å². The molecule has 6 heteroatoms. The summed E-state index contributed by atoms with van der Waals surface area (Å²) in [4.78, 5) is 23.6. The van der Waals surface area contributed by atoms with Crippen molar-refractivity contribution in [1.29, 1.82) is 0 Å². The lowest BCUT2D eigenvalue weighted by Crippen LogP contribution is -2.43. The Kier molecular flexibility index (Phi) is 5.60. The number of aryl methyl sites for hydroxylation is 2. The molecule has 0 aliphatic heterocycles. The Labute approximate surface area is 139 Å². The van der Waals surface area contributed by atoms with E-state index in [2.05, 4.69) is 10.9 Å². The standard InChI is InChI=1S/C17H17ClN2O3/c1-11-7-8-15(12(2)9-11)23-10-16(21)19-20-17(22)13-5-3-4-6-14(13)18/h3-9H,10H2,1-2H3,(H,19,21)(H,20,22). The fourth-order valence-electron chi connectivity index (χ4n) is 1.98. The van der Waals surface area contributed by atoms with E-state index in [1.165, 1.54) is 0 Å². The number of hydrogen-bond donors (Lipinski definition) is 2. The van der Waals surface area contributed by atoms with Gasteiger partial charge in [-0.2, -0.15) is 0 Å². The predicted molar refractivity (Wildman–Crippen MR) is 88.5 cm³/mol. The van der Waals surface area contributed by atoms with Crippen LogP contribution in [0, 0.1) is 13.8 Å². The molecule has 2 rings (SSSR count). The third kappa shape index (κ3) is 4.72. The summed E-state index contributed by atoms with van der Waals surface area (Å²) in [5, 5.41) is 0.311. The van der Waals surface area contributed by atoms with E-state index in [4.69, 9.17) is 16.3 Å². The van der Waals surface area contributed by atoms with Gasteiger partial charge in [0.25, 0.3) is 11.8 Å². The molecule has 0 aliphatic rings. The highest BCUT2D eigenvalue weighted by Crippen LogP contribution is 2.18. The van der Waals surface area contributed by atoms with E-state index in [1.807, 2.05) is 26.0 Å². The topological polar surface area (TPSA) is 67.4 Å². The van der Waals surface area contributed by atoms with E-state index in [9.17, 15) is 9.59 Å². The van der Waals surface area contributed by atoms with Crippen molar-refractivity contribution in [3.63, 3.8) is 0 Å². The van der Waals surface area contributed by atoms with E-state index < -0.39 is 11.8 Å². The quantitative estimate of drug-likeness (QED) is 0.846. The first kappa shape index (κ1) is 16.8. The summed E-state index contributed by atoms with van der Waals surface area (Å²) >= 11 is 5.91. The fraction of sp³-hybridized carbons (Fsp3) is 0.176. The van der Waals surface area contributed by atoms with Gasteiger partial charge < -0.3 is 4.74 Å². The average molecular weight is 333 g/mol. The van der Waals surface area contributed by atoms with Crippen molar-refractivity contribution >= 4 is 23.4 Å². The number of rotatable bonds is 4. The van der Waals surface area contributed by atoms with Crippen LogP contribution in [-0.2, 0) is 4.79 Å². The molecule has 0 unspecified atom stereocenters. The molecular formula is C17H17ClN2O3. The Balaban J connectivity index is 1.83. The number of nitrogens with one attached hydrogen (secondary N) is 2. The monoisotopic (exact) mass is 332 g/mol. The zero-order valence-electron chi connectivity index (χ0n) is 12.9. The molecule has 0 aliphatic carbocycles. The summed E-state index contributed by atoms with van der Waals surface area (Å²) in [5.41, 5.74) is 6.93. The molecule has 23 heavy (non-hydrogen) atoms. The SMILES string of the molecule is Cc1ccc(OCC(=O)NNC(=O)c2ccccc2Cl)c(C)c1. The molecule has 0 atom stereocenters. The van der Waals surface area contributed by atoms with Gasteiger partial charge in [-0.05, 0) is 37.6 Å². The van der Waals surface area contributed by atoms with Crippen LogP contribution in [0.4, 0.5) is 0 Å². The van der Waals surface area contributed by atoms with Crippen LogP contribution in [0.5, 0.6) is 5.75 Å². The molecule has 0 fully saturated rings. The summed E-state index contributed by atoms with van der Waals surface area (Å²) in [5.74, 6) is -0.330. The van der Waals surface area contributed by atoms with Crippen molar-refractivity contribution in [2.75, 3.05) is 6.61 Å². The second-order valence-electron chi connectivity index (χ2n) is 5.04. The zero-order valence-corrected chi connectivity index (χ0v) is 13.6. The molecule has 2 aromatic rings. The minimum absolute atomic E-state index is 0.202. The van der Waals surface area contributed by atoms with Crippen molar-refractivity contribution < 1.29 is 14.3 Å². The summed E-state index contributed by atoms with van der Waals surface area (Å²) in [6.45, 7) is 3.68. The second kappa shape index (κ2) is 7.65. The van der Waals surface area contributed by atoms with Crippen LogP contribution in [0.25, 0.3) is 0 Å². The second-order valence-corrected chi connectivity index (χ2v) is 5.45. The minimum atomic E-state index is -0.490. The van der Waals surface area contributed by atoms with E-state index in [0.29, 0.717) is 10.8 Å². The van der Waals surface area contributed by atoms with Gasteiger partial charge in [0.15, 0.2) is 6.61 Å². The summed E-state index contributed by atoms with van der Waals surface area (Å²) < 4.78 is 5.43. The molecular weight excluding hydrogens is 316 g/mol. The van der Waals surface area contributed by atoms with Gasteiger partial charge in [-0.3, -0.25) is 20.4 Å². The molecule has 0 heterocycles. The number of benzene rings is 2. The molecule has 0 aromatic heterocycles. The maximum atomic E-state index is 11.9. The Morgan fingerprint density at radius 2 is 1.83 bits per heavy atom. The normalized spacial score (nSPS) is 10.0. The molecule has 2 amide bonds. The van der Waals surface area contributed by atoms with Gasteiger partial charge in [0.1, 0.15) is 5.75 Å². The maximum Gasteiger partial charge on any atom is 0.276 e. The van der Waals surface area contributed by atoms with E-state index in [1.54, 1.807) is 30.3 Å². The number of carbonyl (C=O) groups excluding carboxylic acids is 2. The van der Waals surface area contributed by atoms with E-state index in [-0.39, 0.29) is 12.2 Å². The third-order valence-corrected chi connectivity index (χ3v) is 3.45. The average Bonchev–Trinajstić information content (AvgIpc) is 2.52. The largest absolute Gasteiger partial charge is 0.483 e. The van der Waals surface area contributed by atoms with Crippen LogP contribution in [0.15, 0.2) is 42.5 Å². The number of halogens is 1. The Morgan fingerprint density at radius 1 is 1.09 bits per heavy atom. The van der Waals surface area contributed by atoms with Gasteiger partial charge in [-0.1, -0.05) is 41.4 Å². The number of hydrazine groups is 1. The Morgan fingerprint density at radius 3 is 2.52 bits per heavy atom. The van der Waals surface area contributed by atoms with Gasteiger partial charge in [0, 0.05) is 0 Å². The Bertz CT molecular complexity index is 732. The number of carbonyl (C=O) groups is 2. The highest BCUT2D eigenvalue weighted by Gasteiger charge is 2.11. The molecule has 0 spiro atoms. The van der Waals surface area contributed by atoms with Crippen LogP contribution in [0.2, 0.25) is 5.02 Å². The van der Waals surface area contributed by atoms with Gasteiger partial charge in [-0.15, -0.1) is 0 Å². The van der Waals surface area contributed by atoms with Gasteiger partial charge in [0.2, 0.25) is 0 Å². The molecule has 0 saturated carbocycles. The lowest BCUT2D eigenvalue weighted by molar-refractivity contribution is -0.123. The molecule has 2 aromatic carbocycles. The molecule has 0 saturated heterocycles. The van der Waals surface area contributed by atoms with Crippen LogP contribution >= 0.6 is 11.6 Å². The van der Waals surface area contributed by atoms with E-state index >= 15 is 0 Å². The zero-order chi connectivity index (χ0) is 16.8. The van der Waals surface area contributed by atoms with Gasteiger partial charge in [0.05, 0.1) is 10.6 Å². The first-order chi connectivity index (χ1) is 11.0. The minimum Gasteiger partial charge on any atom is -0.483 e. The van der Waals surface area contributed by atoms with Crippen LogP contribution in [0.3, 0.4) is 0 Å².